The van der Waals surface area contributed by atoms with Gasteiger partial charge in [-0.1, -0.05) is 66.5 Å². The number of halogens is 2. The van der Waals surface area contributed by atoms with E-state index in [-0.39, 0.29) is 30.3 Å². The number of aromatic nitrogens is 2. The second-order valence-corrected chi connectivity index (χ2v) is 11.7. The highest BCUT2D eigenvalue weighted by Gasteiger charge is 2.52. The lowest BCUT2D eigenvalue weighted by Gasteiger charge is -2.52. The molecule has 1 aromatic heterocycles. The number of likely N-dealkylation sites (tertiary alicyclic amines) is 1. The van der Waals surface area contributed by atoms with E-state index in [1.54, 1.807) is 0 Å². The van der Waals surface area contributed by atoms with Gasteiger partial charge in [0, 0.05) is 48.1 Å². The van der Waals surface area contributed by atoms with Crippen LogP contribution >= 0.6 is 23.2 Å². The molecular weight excluding hydrogens is 539 g/mol. The van der Waals surface area contributed by atoms with E-state index in [2.05, 4.69) is 32.9 Å². The molecule has 0 bridgehead atoms. The number of rotatable bonds is 8. The van der Waals surface area contributed by atoms with E-state index in [1.807, 2.05) is 49.4 Å². The van der Waals surface area contributed by atoms with Gasteiger partial charge < -0.3 is 9.64 Å². The number of hydrogen-bond acceptors (Lipinski definition) is 6. The monoisotopic (exact) mass is 572 g/mol. The molecule has 0 saturated carbocycles. The Kier molecular flexibility index (Phi) is 8.47. The summed E-state index contributed by atoms with van der Waals surface area (Å²) in [4.78, 5) is 33.5. The number of hydrogen-bond donors (Lipinski definition) is 1. The predicted molar refractivity (Wildman–Crippen MR) is 150 cm³/mol. The average molecular weight is 574 g/mol. The number of nitrogens with one attached hydrogen (secondary N) is 1. The minimum Gasteiger partial charge on any atom is -0.379 e. The van der Waals surface area contributed by atoms with Gasteiger partial charge in [0.05, 0.1) is 24.7 Å². The molecule has 0 unspecified atom stereocenters. The fraction of sp³-hybridized carbons (Fsp3) is 0.483. The number of benzene rings is 2. The van der Waals surface area contributed by atoms with Crippen LogP contribution in [-0.4, -0.2) is 64.7 Å². The third kappa shape index (κ3) is 6.09. The lowest BCUT2D eigenvalue weighted by Crippen LogP contribution is -2.59. The van der Waals surface area contributed by atoms with E-state index in [0.29, 0.717) is 35.5 Å². The molecule has 2 fully saturated rings. The minimum atomic E-state index is -0.839. The largest absolute Gasteiger partial charge is 0.438 e. The molecule has 39 heavy (non-hydrogen) atoms. The summed E-state index contributed by atoms with van der Waals surface area (Å²) < 4.78 is 10.4. The standard InChI is InChI=1S/C29H34Cl2N4O4/c1-3-23(18-34-11-13-38-14-12-34)35-26(19-7-9-21(30)10-8-19)24(20-5-4-6-22(31)15-20)16-29(2,27(35)36)17-25-32-28(37)39-33-25/h4-10,15,23-24,26H,3,11-14,16-18H2,1-2H3,(H,32,33,37)/t23-,24+,26+,29+/m0/s1. The highest BCUT2D eigenvalue weighted by atomic mass is 35.5. The number of nitrogens with zero attached hydrogens (tertiary/aromatic N) is 3. The SMILES string of the molecule is CC[C@@H](CN1CCOCC1)N1C(=O)[C@@](C)(Cc2noc(=O)[nH]2)C[C@H](c2cccc(Cl)c2)[C@H]1c1ccc(Cl)cc1. The number of morpholine rings is 1. The van der Waals surface area contributed by atoms with Gasteiger partial charge in [-0.25, -0.2) is 4.79 Å². The van der Waals surface area contributed by atoms with Crippen molar-refractivity contribution in [1.82, 2.24) is 19.9 Å². The van der Waals surface area contributed by atoms with Crippen molar-refractivity contribution in [3.63, 3.8) is 0 Å². The zero-order valence-corrected chi connectivity index (χ0v) is 23.8. The first-order chi connectivity index (χ1) is 18.8. The van der Waals surface area contributed by atoms with Crippen molar-refractivity contribution in [2.75, 3.05) is 32.8 Å². The van der Waals surface area contributed by atoms with Crippen LogP contribution in [0.25, 0.3) is 0 Å². The average Bonchev–Trinajstić information content (AvgIpc) is 3.34. The molecule has 2 aromatic carbocycles. The molecule has 3 heterocycles. The zero-order valence-electron chi connectivity index (χ0n) is 22.2. The highest BCUT2D eigenvalue weighted by Crippen LogP contribution is 2.52. The minimum absolute atomic E-state index is 0.0321. The van der Waals surface area contributed by atoms with Gasteiger partial charge in [-0.3, -0.25) is 19.2 Å². The Hall–Kier alpha value is -2.65. The lowest BCUT2D eigenvalue weighted by atomic mass is 9.67. The van der Waals surface area contributed by atoms with Crippen LogP contribution in [0.1, 0.15) is 55.6 Å². The van der Waals surface area contributed by atoms with Crippen LogP contribution in [-0.2, 0) is 16.0 Å². The van der Waals surface area contributed by atoms with Crippen LogP contribution in [0.15, 0.2) is 57.8 Å². The van der Waals surface area contributed by atoms with Gasteiger partial charge >= 0.3 is 5.76 Å². The van der Waals surface area contributed by atoms with Crippen molar-refractivity contribution in [1.29, 1.82) is 0 Å². The van der Waals surface area contributed by atoms with Crippen molar-refractivity contribution in [2.24, 2.45) is 5.41 Å². The maximum absolute atomic E-state index is 14.7. The fourth-order valence-electron chi connectivity index (χ4n) is 6.15. The van der Waals surface area contributed by atoms with Crippen LogP contribution < -0.4 is 5.76 Å². The molecule has 5 rings (SSSR count). The molecule has 10 heteroatoms. The summed E-state index contributed by atoms with van der Waals surface area (Å²) in [5, 5.41) is 5.19. The molecule has 0 spiro atoms. The molecule has 0 radical (unpaired) electrons. The van der Waals surface area contributed by atoms with Crippen LogP contribution in [0.3, 0.4) is 0 Å². The molecule has 208 valence electrons. The number of aromatic amines is 1. The maximum atomic E-state index is 14.7. The van der Waals surface area contributed by atoms with Crippen LogP contribution in [0.5, 0.6) is 0 Å². The Morgan fingerprint density at radius 3 is 2.46 bits per heavy atom. The van der Waals surface area contributed by atoms with Crippen molar-refractivity contribution < 1.29 is 14.1 Å². The Labute approximate surface area is 238 Å². The van der Waals surface area contributed by atoms with Gasteiger partial charge in [0.25, 0.3) is 0 Å². The van der Waals surface area contributed by atoms with Gasteiger partial charge in [-0.15, -0.1) is 0 Å². The topological polar surface area (TPSA) is 91.7 Å². The molecule has 0 aliphatic carbocycles. The van der Waals surface area contributed by atoms with E-state index in [1.165, 1.54) is 0 Å². The van der Waals surface area contributed by atoms with E-state index in [9.17, 15) is 9.59 Å². The van der Waals surface area contributed by atoms with Gasteiger partial charge in [-0.2, -0.15) is 0 Å². The summed E-state index contributed by atoms with van der Waals surface area (Å²) in [5.74, 6) is -0.292. The number of ether oxygens (including phenoxy) is 1. The van der Waals surface area contributed by atoms with Crippen molar-refractivity contribution in [2.45, 2.75) is 51.1 Å². The first-order valence-corrected chi connectivity index (χ1v) is 14.2. The Balaban J connectivity index is 1.63. The number of H-pyrrole nitrogens is 1. The second kappa shape index (κ2) is 11.8. The Morgan fingerprint density at radius 2 is 1.82 bits per heavy atom. The second-order valence-electron chi connectivity index (χ2n) is 10.8. The van der Waals surface area contributed by atoms with Gasteiger partial charge in [0.1, 0.15) is 0 Å². The van der Waals surface area contributed by atoms with E-state index >= 15 is 0 Å². The van der Waals surface area contributed by atoms with Gasteiger partial charge in [0.2, 0.25) is 5.91 Å². The molecule has 2 saturated heterocycles. The molecule has 1 N–H and O–H groups in total. The molecule has 4 atom stereocenters. The van der Waals surface area contributed by atoms with E-state index < -0.39 is 11.2 Å². The fourth-order valence-corrected chi connectivity index (χ4v) is 6.47. The number of piperidine rings is 1. The van der Waals surface area contributed by atoms with Crippen LogP contribution in [0.2, 0.25) is 10.0 Å². The molecule has 8 nitrogen and oxygen atoms in total. The molecule has 3 aromatic rings. The number of carbonyl (C=O) groups excluding carboxylic acids is 1. The number of carbonyl (C=O) groups is 1. The van der Waals surface area contributed by atoms with Crippen LogP contribution in [0, 0.1) is 5.41 Å². The molecule has 2 aliphatic heterocycles. The number of amides is 1. The predicted octanol–water partition coefficient (Wildman–Crippen LogP) is 5.09. The summed E-state index contributed by atoms with van der Waals surface area (Å²) >= 11 is 12.8. The first-order valence-electron chi connectivity index (χ1n) is 13.5. The molecule has 1 amide bonds. The maximum Gasteiger partial charge on any atom is 0.438 e. The Morgan fingerprint density at radius 1 is 1.08 bits per heavy atom. The van der Waals surface area contributed by atoms with E-state index in [4.69, 9.17) is 32.5 Å². The first kappa shape index (κ1) is 27.9. The van der Waals surface area contributed by atoms with Crippen molar-refractivity contribution in [3.8, 4) is 0 Å². The van der Waals surface area contributed by atoms with Gasteiger partial charge in [-0.05, 0) is 48.2 Å². The summed E-state index contributed by atoms with van der Waals surface area (Å²) in [6.45, 7) is 7.88. The third-order valence-corrected chi connectivity index (χ3v) is 8.56. The lowest BCUT2D eigenvalue weighted by molar-refractivity contribution is -0.155. The Bertz CT molecular complexity index is 1340. The van der Waals surface area contributed by atoms with E-state index in [0.717, 1.165) is 37.2 Å². The van der Waals surface area contributed by atoms with Crippen LogP contribution in [0.4, 0.5) is 0 Å². The highest BCUT2D eigenvalue weighted by molar-refractivity contribution is 6.30. The normalized spacial score (nSPS) is 25.1. The third-order valence-electron chi connectivity index (χ3n) is 8.07. The molecule has 2 aliphatic rings. The zero-order chi connectivity index (χ0) is 27.6. The smallest absolute Gasteiger partial charge is 0.379 e. The summed E-state index contributed by atoms with van der Waals surface area (Å²) in [5.41, 5.74) is 1.24. The van der Waals surface area contributed by atoms with Crippen molar-refractivity contribution in [3.05, 3.63) is 86.1 Å². The van der Waals surface area contributed by atoms with Crippen molar-refractivity contribution >= 4 is 29.1 Å². The molecular formula is C29H34Cl2N4O4. The summed E-state index contributed by atoms with van der Waals surface area (Å²) in [6.07, 6.45) is 1.58. The summed E-state index contributed by atoms with van der Waals surface area (Å²) in [7, 11) is 0. The van der Waals surface area contributed by atoms with Gasteiger partial charge in [0.15, 0.2) is 5.82 Å². The quantitative estimate of drug-likeness (QED) is 0.404. The summed E-state index contributed by atoms with van der Waals surface area (Å²) in [6, 6.07) is 15.4.